The van der Waals surface area contributed by atoms with Crippen LogP contribution in [0.1, 0.15) is 44.1 Å². The van der Waals surface area contributed by atoms with Crippen LogP contribution in [0.4, 0.5) is 4.39 Å². The number of benzene rings is 1. The first-order chi connectivity index (χ1) is 16.6. The molecule has 1 aliphatic heterocycles. The summed E-state index contributed by atoms with van der Waals surface area (Å²) in [6.45, 7) is 6.45. The summed E-state index contributed by atoms with van der Waals surface area (Å²) in [5.74, 6) is -1.48. The summed E-state index contributed by atoms with van der Waals surface area (Å²) in [4.78, 5) is 40.4. The van der Waals surface area contributed by atoms with E-state index in [9.17, 15) is 19.1 Å². The number of nitrogens with zero attached hydrogens (tertiary/aromatic N) is 4. The number of pyridine rings is 1. The molecule has 1 atom stereocenters. The van der Waals surface area contributed by atoms with Crippen molar-refractivity contribution >= 4 is 22.8 Å². The summed E-state index contributed by atoms with van der Waals surface area (Å²) in [6, 6.07) is 8.81. The minimum atomic E-state index is -0.848. The van der Waals surface area contributed by atoms with Gasteiger partial charge in [0.1, 0.15) is 18.0 Å². The first-order valence-corrected chi connectivity index (χ1v) is 11.5. The van der Waals surface area contributed by atoms with Gasteiger partial charge in [0.05, 0.1) is 17.2 Å². The Morgan fingerprint density at radius 1 is 1.11 bits per heavy atom. The Kier molecular flexibility index (Phi) is 6.81. The average molecular weight is 482 g/mol. The zero-order chi connectivity index (χ0) is 25.2. The molecular weight excluding hydrogens is 453 g/mol. The summed E-state index contributed by atoms with van der Waals surface area (Å²) in [6.07, 6.45) is 2.10. The Hall–Kier alpha value is -3.82. The molecule has 184 valence electrons. The lowest BCUT2D eigenvalue weighted by atomic mass is 9.85. The van der Waals surface area contributed by atoms with Crippen LogP contribution in [-0.4, -0.2) is 62.0 Å². The van der Waals surface area contributed by atoms with E-state index in [4.69, 9.17) is 4.74 Å². The second-order valence-corrected chi connectivity index (χ2v) is 9.61. The molecule has 0 bridgehead atoms. The summed E-state index contributed by atoms with van der Waals surface area (Å²) >= 11 is 0. The number of piperidine rings is 1. The summed E-state index contributed by atoms with van der Waals surface area (Å²) in [5.41, 5.74) is 0.0975. The van der Waals surface area contributed by atoms with Gasteiger partial charge in [-0.15, -0.1) is 0 Å². The quantitative estimate of drug-likeness (QED) is 0.575. The van der Waals surface area contributed by atoms with Gasteiger partial charge in [-0.05, 0) is 23.6 Å². The molecule has 0 saturated carbocycles. The molecule has 1 saturated heterocycles. The van der Waals surface area contributed by atoms with E-state index in [0.29, 0.717) is 42.8 Å². The van der Waals surface area contributed by atoms with Crippen molar-refractivity contribution < 1.29 is 23.8 Å². The van der Waals surface area contributed by atoms with Gasteiger partial charge >= 0.3 is 0 Å². The van der Waals surface area contributed by atoms with Crippen molar-refractivity contribution in [1.82, 2.24) is 25.2 Å². The number of carbonyl (C=O) groups excluding carboxylic acids is 2. The topological polar surface area (TPSA) is 118 Å². The van der Waals surface area contributed by atoms with Crippen molar-refractivity contribution in [2.75, 3.05) is 13.1 Å². The summed E-state index contributed by atoms with van der Waals surface area (Å²) < 4.78 is 18.9. The molecule has 3 aromatic rings. The number of aromatic hydroxyl groups is 1. The van der Waals surface area contributed by atoms with Crippen LogP contribution in [0, 0.1) is 11.2 Å². The van der Waals surface area contributed by atoms with Gasteiger partial charge in [-0.25, -0.2) is 19.3 Å². The molecule has 0 unspecified atom stereocenters. The van der Waals surface area contributed by atoms with E-state index in [0.717, 1.165) is 6.20 Å². The number of para-hydroxylation sites is 2. The van der Waals surface area contributed by atoms with E-state index in [1.54, 1.807) is 29.2 Å². The standard InChI is InChI=1S/C25H28FN5O4/c1-25(2,3)21(30-23(33)20-22(32)29-18-7-5-4-6-17(18)28-20)24(34)31-12-10-16(11-13-31)35-19-9-8-15(26)14-27-19/h4-9,14,16,21H,10-13H2,1-3H3,(H,29,32)(H,30,33)/t21-/m1/s1. The van der Waals surface area contributed by atoms with E-state index in [-0.39, 0.29) is 17.7 Å². The molecule has 0 aliphatic carbocycles. The highest BCUT2D eigenvalue weighted by Gasteiger charge is 2.38. The van der Waals surface area contributed by atoms with Crippen molar-refractivity contribution in [3.05, 3.63) is 54.1 Å². The fraction of sp³-hybridized carbons (Fsp3) is 0.400. The number of aromatic nitrogens is 3. The molecule has 10 heteroatoms. The maximum atomic E-state index is 13.4. The molecule has 4 rings (SSSR count). The van der Waals surface area contributed by atoms with Gasteiger partial charge in [-0.3, -0.25) is 9.59 Å². The highest BCUT2D eigenvalue weighted by atomic mass is 19.1. The maximum Gasteiger partial charge on any atom is 0.276 e. The number of carbonyl (C=O) groups is 2. The number of fused-ring (bicyclic) bond motifs is 1. The lowest BCUT2D eigenvalue weighted by Gasteiger charge is -2.38. The fourth-order valence-corrected chi connectivity index (χ4v) is 3.97. The van der Waals surface area contributed by atoms with Crippen LogP contribution in [-0.2, 0) is 4.79 Å². The minimum Gasteiger partial charge on any atom is -0.492 e. The van der Waals surface area contributed by atoms with Gasteiger partial charge < -0.3 is 20.1 Å². The maximum absolute atomic E-state index is 13.4. The highest BCUT2D eigenvalue weighted by Crippen LogP contribution is 2.25. The largest absolute Gasteiger partial charge is 0.492 e. The van der Waals surface area contributed by atoms with E-state index in [2.05, 4.69) is 20.3 Å². The number of ether oxygens (including phenoxy) is 1. The first-order valence-electron chi connectivity index (χ1n) is 11.5. The van der Waals surface area contributed by atoms with Gasteiger partial charge in [-0.2, -0.15) is 0 Å². The second kappa shape index (κ2) is 9.81. The molecule has 9 nitrogen and oxygen atoms in total. The van der Waals surface area contributed by atoms with Crippen LogP contribution in [0.2, 0.25) is 0 Å². The smallest absolute Gasteiger partial charge is 0.276 e. The molecule has 2 N–H and O–H groups in total. The third kappa shape index (κ3) is 5.64. The number of halogens is 1. The number of hydrogen-bond donors (Lipinski definition) is 2. The number of nitrogens with one attached hydrogen (secondary N) is 1. The predicted octanol–water partition coefficient (Wildman–Crippen LogP) is 3.08. The van der Waals surface area contributed by atoms with Crippen LogP contribution in [0.15, 0.2) is 42.6 Å². The molecule has 0 spiro atoms. The first kappa shape index (κ1) is 24.3. The van der Waals surface area contributed by atoms with Crippen LogP contribution in [0.5, 0.6) is 11.8 Å². The lowest BCUT2D eigenvalue weighted by molar-refractivity contribution is -0.137. The van der Waals surface area contributed by atoms with Crippen molar-refractivity contribution in [1.29, 1.82) is 0 Å². The van der Waals surface area contributed by atoms with Gasteiger partial charge in [0.2, 0.25) is 17.7 Å². The number of amides is 2. The molecule has 1 aliphatic rings. The van der Waals surface area contributed by atoms with Gasteiger partial charge in [0.25, 0.3) is 5.91 Å². The average Bonchev–Trinajstić information content (AvgIpc) is 2.82. The van der Waals surface area contributed by atoms with Crippen LogP contribution in [0.25, 0.3) is 11.0 Å². The molecule has 2 aromatic heterocycles. The lowest BCUT2D eigenvalue weighted by Crippen LogP contribution is -2.56. The SMILES string of the molecule is CC(C)(C)[C@H](NC(=O)c1nc2ccccc2nc1O)C(=O)N1CCC(Oc2ccc(F)cn2)CC1. The Balaban J connectivity index is 1.43. The minimum absolute atomic E-state index is 0.149. The van der Waals surface area contributed by atoms with Gasteiger partial charge in [-0.1, -0.05) is 32.9 Å². The second-order valence-electron chi connectivity index (χ2n) is 9.61. The van der Waals surface area contributed by atoms with E-state index >= 15 is 0 Å². The summed E-state index contributed by atoms with van der Waals surface area (Å²) in [5, 5.41) is 13.0. The monoisotopic (exact) mass is 481 g/mol. The Morgan fingerprint density at radius 3 is 2.37 bits per heavy atom. The Bertz CT molecular complexity index is 1220. The number of hydrogen-bond acceptors (Lipinski definition) is 7. The molecule has 1 fully saturated rings. The van der Waals surface area contributed by atoms with Crippen LogP contribution < -0.4 is 10.1 Å². The van der Waals surface area contributed by atoms with E-state index < -0.39 is 29.1 Å². The molecule has 0 radical (unpaired) electrons. The molecule has 2 amide bonds. The van der Waals surface area contributed by atoms with E-state index in [1.807, 2.05) is 20.8 Å². The Morgan fingerprint density at radius 2 is 1.77 bits per heavy atom. The van der Waals surface area contributed by atoms with Gasteiger partial charge in [0.15, 0.2) is 5.69 Å². The molecular formula is C25H28FN5O4. The number of rotatable bonds is 5. The molecule has 35 heavy (non-hydrogen) atoms. The normalized spacial score (nSPS) is 15.6. The third-order valence-electron chi connectivity index (χ3n) is 5.90. The Labute approximate surface area is 202 Å². The van der Waals surface area contributed by atoms with Gasteiger partial charge in [0, 0.05) is 32.0 Å². The van der Waals surface area contributed by atoms with Crippen molar-refractivity contribution in [2.24, 2.45) is 5.41 Å². The van der Waals surface area contributed by atoms with Crippen molar-refractivity contribution in [3.63, 3.8) is 0 Å². The molecule has 1 aromatic carbocycles. The fourth-order valence-electron chi connectivity index (χ4n) is 3.97. The van der Waals surface area contributed by atoms with Crippen molar-refractivity contribution in [3.8, 4) is 11.8 Å². The van der Waals surface area contributed by atoms with Crippen LogP contribution in [0.3, 0.4) is 0 Å². The summed E-state index contributed by atoms with van der Waals surface area (Å²) in [7, 11) is 0. The number of likely N-dealkylation sites (tertiary alicyclic amines) is 1. The highest BCUT2D eigenvalue weighted by molar-refractivity contribution is 5.99. The van der Waals surface area contributed by atoms with Crippen molar-refractivity contribution in [2.45, 2.75) is 45.8 Å². The zero-order valence-electron chi connectivity index (χ0n) is 19.9. The third-order valence-corrected chi connectivity index (χ3v) is 5.90. The van der Waals surface area contributed by atoms with Crippen LogP contribution >= 0.6 is 0 Å². The molecule has 3 heterocycles. The van der Waals surface area contributed by atoms with E-state index in [1.165, 1.54) is 12.1 Å². The predicted molar refractivity (Wildman–Crippen MR) is 126 cm³/mol. The zero-order valence-corrected chi connectivity index (χ0v) is 19.9.